The van der Waals surface area contributed by atoms with Gasteiger partial charge < -0.3 is 10.6 Å². The van der Waals surface area contributed by atoms with Crippen LogP contribution in [0.3, 0.4) is 0 Å². The number of nitrogens with two attached hydrogens (primary N) is 1. The largest absolute Gasteiger partial charge is 0.388 e. The van der Waals surface area contributed by atoms with Crippen LogP contribution in [0.5, 0.6) is 0 Å². The third kappa shape index (κ3) is 3.35. The van der Waals surface area contributed by atoms with Crippen LogP contribution in [0.4, 0.5) is 5.69 Å². The molecule has 88 valence electrons. The number of hydrogen-bond acceptors (Lipinski definition) is 4. The number of hydrogen-bond donors (Lipinski definition) is 1. The van der Waals surface area contributed by atoms with E-state index in [-0.39, 0.29) is 0 Å². The topological polar surface area (TPSA) is 42.1 Å². The van der Waals surface area contributed by atoms with E-state index in [9.17, 15) is 0 Å². The minimum absolute atomic E-state index is 0.339. The number of rotatable bonds is 5. The normalized spacial score (nSPS) is 12.2. The molecule has 5 heteroatoms. The summed E-state index contributed by atoms with van der Waals surface area (Å²) in [6.45, 7) is 2.19. The lowest BCUT2D eigenvalue weighted by Gasteiger charge is -2.26. The summed E-state index contributed by atoms with van der Waals surface area (Å²) in [5.74, 6) is 1.09. The lowest BCUT2D eigenvalue weighted by molar-refractivity contribution is 0.763. The summed E-state index contributed by atoms with van der Waals surface area (Å²) < 4.78 is 0. The Balaban J connectivity index is 2.77. The van der Waals surface area contributed by atoms with Crippen molar-refractivity contribution in [2.75, 3.05) is 24.0 Å². The quantitative estimate of drug-likeness (QED) is 0.814. The van der Waals surface area contributed by atoms with Crippen molar-refractivity contribution in [2.24, 2.45) is 5.73 Å². The molecule has 1 heterocycles. The van der Waals surface area contributed by atoms with E-state index >= 15 is 0 Å². The van der Waals surface area contributed by atoms with Crippen molar-refractivity contribution in [2.45, 2.75) is 13.0 Å². The van der Waals surface area contributed by atoms with E-state index in [2.05, 4.69) is 30.1 Å². The van der Waals surface area contributed by atoms with Crippen LogP contribution in [0, 0.1) is 0 Å². The Morgan fingerprint density at radius 2 is 2.31 bits per heavy atom. The zero-order valence-electron chi connectivity index (χ0n) is 9.80. The number of thioether (sulfide) groups is 1. The van der Waals surface area contributed by atoms with Gasteiger partial charge in [0.15, 0.2) is 0 Å². The summed E-state index contributed by atoms with van der Waals surface area (Å²) in [5.41, 5.74) is 7.26. The van der Waals surface area contributed by atoms with Gasteiger partial charge in [-0.2, -0.15) is 11.8 Å². The molecule has 0 saturated heterocycles. The molecule has 3 nitrogen and oxygen atoms in total. The SMILES string of the molecule is CSCC(C)N(C)c1ccc(C(N)=S)nc1. The summed E-state index contributed by atoms with van der Waals surface area (Å²) in [5, 5.41) is 0. The van der Waals surface area contributed by atoms with Crippen molar-refractivity contribution in [3.05, 3.63) is 24.0 Å². The maximum atomic E-state index is 5.50. The Bertz CT molecular complexity index is 351. The smallest absolute Gasteiger partial charge is 0.122 e. The number of aromatic nitrogens is 1. The molecule has 1 atom stereocenters. The van der Waals surface area contributed by atoms with Crippen molar-refractivity contribution in [3.8, 4) is 0 Å². The average molecular weight is 255 g/mol. The monoisotopic (exact) mass is 255 g/mol. The summed E-state index contributed by atoms with van der Waals surface area (Å²) in [6, 6.07) is 4.34. The van der Waals surface area contributed by atoms with E-state index in [0.29, 0.717) is 16.7 Å². The van der Waals surface area contributed by atoms with Gasteiger partial charge >= 0.3 is 0 Å². The highest BCUT2D eigenvalue weighted by molar-refractivity contribution is 7.98. The molecule has 1 rings (SSSR count). The van der Waals surface area contributed by atoms with Crippen LogP contribution >= 0.6 is 24.0 Å². The number of anilines is 1. The first-order chi connectivity index (χ1) is 7.56. The van der Waals surface area contributed by atoms with Gasteiger partial charge in [0.25, 0.3) is 0 Å². The maximum Gasteiger partial charge on any atom is 0.122 e. The number of nitrogens with zero attached hydrogens (tertiary/aromatic N) is 2. The van der Waals surface area contributed by atoms with Crippen LogP contribution in [-0.2, 0) is 0 Å². The predicted octanol–water partition coefficient (Wildman–Crippen LogP) is 1.90. The second kappa shape index (κ2) is 6.06. The summed E-state index contributed by atoms with van der Waals surface area (Å²) in [4.78, 5) is 6.77. The molecule has 1 unspecified atom stereocenters. The molecular formula is C11H17N3S2. The third-order valence-electron chi connectivity index (χ3n) is 2.48. The highest BCUT2D eigenvalue weighted by Crippen LogP contribution is 2.15. The molecular weight excluding hydrogens is 238 g/mol. The van der Waals surface area contributed by atoms with Crippen LogP contribution < -0.4 is 10.6 Å². The third-order valence-corrected chi connectivity index (χ3v) is 3.50. The fourth-order valence-corrected chi connectivity index (χ4v) is 2.17. The van der Waals surface area contributed by atoms with Crippen molar-refractivity contribution in [1.82, 2.24) is 4.98 Å². The molecule has 0 aromatic carbocycles. The molecule has 0 amide bonds. The minimum atomic E-state index is 0.339. The van der Waals surface area contributed by atoms with E-state index in [0.717, 1.165) is 11.4 Å². The lowest BCUT2D eigenvalue weighted by Crippen LogP contribution is -2.30. The van der Waals surface area contributed by atoms with Gasteiger partial charge in [0, 0.05) is 18.8 Å². The molecule has 0 aliphatic rings. The first kappa shape index (κ1) is 13.3. The van der Waals surface area contributed by atoms with E-state index in [1.807, 2.05) is 30.1 Å². The van der Waals surface area contributed by atoms with Crippen molar-refractivity contribution >= 4 is 34.7 Å². The summed E-state index contributed by atoms with van der Waals surface area (Å²) in [6.07, 6.45) is 3.92. The van der Waals surface area contributed by atoms with Crippen LogP contribution in [0.15, 0.2) is 18.3 Å². The lowest BCUT2D eigenvalue weighted by atomic mass is 10.2. The minimum Gasteiger partial charge on any atom is -0.388 e. The highest BCUT2D eigenvalue weighted by Gasteiger charge is 2.09. The first-order valence-corrected chi connectivity index (χ1v) is 6.84. The zero-order chi connectivity index (χ0) is 12.1. The Morgan fingerprint density at radius 3 is 2.75 bits per heavy atom. The molecule has 16 heavy (non-hydrogen) atoms. The molecule has 0 spiro atoms. The molecule has 2 N–H and O–H groups in total. The Morgan fingerprint density at radius 1 is 1.62 bits per heavy atom. The van der Waals surface area contributed by atoms with E-state index in [1.54, 1.807) is 0 Å². The van der Waals surface area contributed by atoms with E-state index in [4.69, 9.17) is 18.0 Å². The predicted molar refractivity (Wildman–Crippen MR) is 76.4 cm³/mol. The Kier molecular flexibility index (Phi) is 5.02. The van der Waals surface area contributed by atoms with Crippen LogP contribution in [0.2, 0.25) is 0 Å². The second-order valence-corrected chi connectivity index (χ2v) is 5.03. The Hall–Kier alpha value is -0.810. The average Bonchev–Trinajstić information content (AvgIpc) is 2.28. The highest BCUT2D eigenvalue weighted by atomic mass is 32.2. The molecule has 1 aromatic rings. The van der Waals surface area contributed by atoms with Gasteiger partial charge in [-0.15, -0.1) is 0 Å². The summed E-state index contributed by atoms with van der Waals surface area (Å²) in [7, 11) is 2.07. The zero-order valence-corrected chi connectivity index (χ0v) is 11.4. The van der Waals surface area contributed by atoms with Gasteiger partial charge in [0.05, 0.1) is 17.6 Å². The molecule has 0 fully saturated rings. The van der Waals surface area contributed by atoms with Crippen molar-refractivity contribution < 1.29 is 0 Å². The van der Waals surface area contributed by atoms with E-state index < -0.39 is 0 Å². The maximum absolute atomic E-state index is 5.50. The van der Waals surface area contributed by atoms with Gasteiger partial charge in [-0.3, -0.25) is 4.98 Å². The van der Waals surface area contributed by atoms with Crippen molar-refractivity contribution in [3.63, 3.8) is 0 Å². The molecule has 0 bridgehead atoms. The van der Waals surface area contributed by atoms with Crippen LogP contribution in [0.1, 0.15) is 12.6 Å². The first-order valence-electron chi connectivity index (χ1n) is 5.04. The van der Waals surface area contributed by atoms with Gasteiger partial charge in [0.1, 0.15) is 4.99 Å². The van der Waals surface area contributed by atoms with Gasteiger partial charge in [0.2, 0.25) is 0 Å². The molecule has 0 radical (unpaired) electrons. The fourth-order valence-electron chi connectivity index (χ4n) is 1.35. The second-order valence-electron chi connectivity index (χ2n) is 3.68. The Labute approximate surface area is 106 Å². The van der Waals surface area contributed by atoms with Crippen LogP contribution in [-0.4, -0.2) is 35.1 Å². The number of thiocarbonyl (C=S) groups is 1. The summed E-state index contributed by atoms with van der Waals surface area (Å²) >= 11 is 6.70. The van der Waals surface area contributed by atoms with Gasteiger partial charge in [-0.05, 0) is 25.3 Å². The number of pyridine rings is 1. The molecule has 1 aromatic heterocycles. The van der Waals surface area contributed by atoms with Crippen LogP contribution in [0.25, 0.3) is 0 Å². The fraction of sp³-hybridized carbons (Fsp3) is 0.455. The van der Waals surface area contributed by atoms with Gasteiger partial charge in [-0.1, -0.05) is 12.2 Å². The molecule has 0 saturated carbocycles. The van der Waals surface area contributed by atoms with Crippen molar-refractivity contribution in [1.29, 1.82) is 0 Å². The molecule has 0 aliphatic carbocycles. The van der Waals surface area contributed by atoms with E-state index in [1.165, 1.54) is 0 Å². The standard InChI is InChI=1S/C11H17N3S2/c1-8(7-16-3)14(2)9-4-5-10(11(12)15)13-6-9/h4-6,8H,7H2,1-3H3,(H2,12,15). The van der Waals surface area contributed by atoms with Gasteiger partial charge in [-0.25, -0.2) is 0 Å². The molecule has 0 aliphatic heterocycles.